The number of unbranched alkanes of at least 4 members (excludes halogenated alkanes) is 1. The number of carbonyl (C=O) groups is 1. The minimum atomic E-state index is -0.893. The average Bonchev–Trinajstić information content (AvgIpc) is 1.89. The van der Waals surface area contributed by atoms with Crippen molar-refractivity contribution in [2.24, 2.45) is 5.92 Å². The normalized spacial score (nSPS) is 11.8. The molecule has 0 spiro atoms. The molecule has 0 saturated heterocycles. The minimum Gasteiger partial charge on any atom is -0.550 e. The SMILES string of the molecule is CCCCC(CC)C(=O)[O-].[Na]. The number of carboxylic acids is 1. The molecule has 2 nitrogen and oxygen atoms in total. The van der Waals surface area contributed by atoms with E-state index >= 15 is 0 Å². The predicted octanol–water partition coefficient (Wildman–Crippen LogP) is 0.572. The van der Waals surface area contributed by atoms with Gasteiger partial charge in [-0.25, -0.2) is 0 Å². The van der Waals surface area contributed by atoms with Crippen molar-refractivity contribution in [3.05, 3.63) is 0 Å². The molecular formula is C8H15NaO2-. The summed E-state index contributed by atoms with van der Waals surface area (Å²) in [5.74, 6) is -1.11. The summed E-state index contributed by atoms with van der Waals surface area (Å²) in [6.45, 7) is 3.94. The summed E-state index contributed by atoms with van der Waals surface area (Å²) >= 11 is 0. The molecule has 0 bridgehead atoms. The van der Waals surface area contributed by atoms with Crippen molar-refractivity contribution in [3.63, 3.8) is 0 Å². The summed E-state index contributed by atoms with van der Waals surface area (Å²) in [6.07, 6.45) is 3.52. The maximum absolute atomic E-state index is 10.3. The van der Waals surface area contributed by atoms with Crippen molar-refractivity contribution in [2.75, 3.05) is 0 Å². The van der Waals surface area contributed by atoms with Crippen LogP contribution in [-0.4, -0.2) is 35.5 Å². The molecule has 0 amide bonds. The maximum Gasteiger partial charge on any atom is 0.0445 e. The van der Waals surface area contributed by atoms with Crippen LogP contribution in [0.4, 0.5) is 0 Å². The van der Waals surface area contributed by atoms with Crippen molar-refractivity contribution in [1.82, 2.24) is 0 Å². The number of hydrogen-bond donors (Lipinski definition) is 0. The van der Waals surface area contributed by atoms with E-state index in [0.717, 1.165) is 19.3 Å². The zero-order chi connectivity index (χ0) is 7.98. The van der Waals surface area contributed by atoms with Gasteiger partial charge in [0.05, 0.1) is 0 Å². The Balaban J connectivity index is 0. The third-order valence-corrected chi connectivity index (χ3v) is 1.73. The fraction of sp³-hybridized carbons (Fsp3) is 0.875. The van der Waals surface area contributed by atoms with Gasteiger partial charge in [-0.2, -0.15) is 0 Å². The van der Waals surface area contributed by atoms with Crippen LogP contribution in [0.1, 0.15) is 39.5 Å². The molecule has 61 valence electrons. The standard InChI is InChI=1S/C8H16O2.Na/c1-3-5-6-7(4-2)8(9)10;/h7H,3-6H2,1-2H3,(H,9,10);/p-1. The van der Waals surface area contributed by atoms with E-state index in [-0.39, 0.29) is 35.5 Å². The van der Waals surface area contributed by atoms with Crippen molar-refractivity contribution in [1.29, 1.82) is 0 Å². The van der Waals surface area contributed by atoms with Gasteiger partial charge in [0.15, 0.2) is 0 Å². The third-order valence-electron chi connectivity index (χ3n) is 1.73. The van der Waals surface area contributed by atoms with E-state index < -0.39 is 5.97 Å². The van der Waals surface area contributed by atoms with Crippen LogP contribution in [0.3, 0.4) is 0 Å². The molecule has 0 N–H and O–H groups in total. The zero-order valence-electron chi connectivity index (χ0n) is 7.72. The molecule has 0 aromatic rings. The Labute approximate surface area is 90.7 Å². The summed E-state index contributed by atoms with van der Waals surface area (Å²) < 4.78 is 0. The molecule has 1 radical (unpaired) electrons. The number of carbonyl (C=O) groups excluding carboxylic acids is 1. The van der Waals surface area contributed by atoms with Gasteiger partial charge in [0.25, 0.3) is 0 Å². The molecule has 0 heterocycles. The van der Waals surface area contributed by atoms with Crippen LogP contribution in [0.5, 0.6) is 0 Å². The zero-order valence-corrected chi connectivity index (χ0v) is 9.72. The van der Waals surface area contributed by atoms with Gasteiger partial charge in [0, 0.05) is 35.5 Å². The van der Waals surface area contributed by atoms with Crippen molar-refractivity contribution in [2.45, 2.75) is 39.5 Å². The minimum absolute atomic E-state index is 0. The van der Waals surface area contributed by atoms with Crippen LogP contribution >= 0.6 is 0 Å². The smallest absolute Gasteiger partial charge is 0.0445 e. The first-order valence-corrected chi connectivity index (χ1v) is 3.93. The first-order valence-electron chi connectivity index (χ1n) is 3.93. The second kappa shape index (κ2) is 8.57. The molecular weight excluding hydrogens is 151 g/mol. The maximum atomic E-state index is 10.3. The summed E-state index contributed by atoms with van der Waals surface area (Å²) in [4.78, 5) is 10.3. The van der Waals surface area contributed by atoms with Gasteiger partial charge < -0.3 is 9.90 Å². The van der Waals surface area contributed by atoms with Crippen LogP contribution in [0.25, 0.3) is 0 Å². The second-order valence-corrected chi connectivity index (χ2v) is 2.57. The molecule has 0 aromatic heterocycles. The van der Waals surface area contributed by atoms with Crippen LogP contribution < -0.4 is 5.11 Å². The van der Waals surface area contributed by atoms with Gasteiger partial charge in [-0.1, -0.05) is 26.7 Å². The second-order valence-electron chi connectivity index (χ2n) is 2.57. The first kappa shape index (κ1) is 14.0. The molecule has 11 heavy (non-hydrogen) atoms. The van der Waals surface area contributed by atoms with E-state index in [4.69, 9.17) is 0 Å². The van der Waals surface area contributed by atoms with Gasteiger partial charge in [-0.3, -0.25) is 0 Å². The first-order chi connectivity index (χ1) is 4.72. The largest absolute Gasteiger partial charge is 0.550 e. The quantitative estimate of drug-likeness (QED) is 0.560. The van der Waals surface area contributed by atoms with Gasteiger partial charge in [-0.15, -0.1) is 0 Å². The van der Waals surface area contributed by atoms with Crippen molar-refractivity contribution >= 4 is 35.5 Å². The van der Waals surface area contributed by atoms with E-state index in [2.05, 4.69) is 6.92 Å². The molecule has 0 aliphatic heterocycles. The van der Waals surface area contributed by atoms with E-state index in [1.165, 1.54) is 0 Å². The van der Waals surface area contributed by atoms with Crippen molar-refractivity contribution < 1.29 is 9.90 Å². The number of rotatable bonds is 5. The van der Waals surface area contributed by atoms with Crippen LogP contribution in [0.15, 0.2) is 0 Å². The number of carboxylic acid groups (broad SMARTS) is 1. The van der Waals surface area contributed by atoms with Crippen LogP contribution in [0.2, 0.25) is 0 Å². The molecule has 0 saturated carbocycles. The monoisotopic (exact) mass is 166 g/mol. The number of aliphatic carboxylic acids is 1. The van der Waals surface area contributed by atoms with Gasteiger partial charge in [0.1, 0.15) is 0 Å². The van der Waals surface area contributed by atoms with E-state index in [9.17, 15) is 9.90 Å². The molecule has 0 aromatic carbocycles. The van der Waals surface area contributed by atoms with E-state index in [1.807, 2.05) is 6.92 Å². The average molecular weight is 166 g/mol. The van der Waals surface area contributed by atoms with Gasteiger partial charge >= 0.3 is 0 Å². The Morgan fingerprint density at radius 1 is 1.45 bits per heavy atom. The Morgan fingerprint density at radius 2 is 2.00 bits per heavy atom. The topological polar surface area (TPSA) is 40.1 Å². The Morgan fingerprint density at radius 3 is 2.27 bits per heavy atom. The molecule has 0 aliphatic rings. The molecule has 0 aliphatic carbocycles. The molecule has 1 unspecified atom stereocenters. The predicted molar refractivity (Wildman–Crippen MR) is 44.1 cm³/mol. The van der Waals surface area contributed by atoms with E-state index in [0.29, 0.717) is 6.42 Å². The summed E-state index contributed by atoms with van der Waals surface area (Å²) in [6, 6.07) is 0. The molecule has 3 heteroatoms. The summed E-state index contributed by atoms with van der Waals surface area (Å²) in [5.41, 5.74) is 0. The Bertz CT molecular complexity index is 104. The van der Waals surface area contributed by atoms with Crippen LogP contribution in [-0.2, 0) is 4.79 Å². The summed E-state index contributed by atoms with van der Waals surface area (Å²) in [5, 5.41) is 10.3. The molecule has 1 atom stereocenters. The number of hydrogen-bond acceptors (Lipinski definition) is 2. The van der Waals surface area contributed by atoms with Gasteiger partial charge in [-0.05, 0) is 18.8 Å². The van der Waals surface area contributed by atoms with Crippen LogP contribution in [0, 0.1) is 5.92 Å². The molecule has 0 rings (SSSR count). The van der Waals surface area contributed by atoms with Crippen molar-refractivity contribution in [3.8, 4) is 0 Å². The fourth-order valence-corrected chi connectivity index (χ4v) is 0.939. The Kier molecular flexibility index (Phi) is 10.9. The fourth-order valence-electron chi connectivity index (χ4n) is 0.939. The van der Waals surface area contributed by atoms with E-state index in [1.54, 1.807) is 0 Å². The molecule has 0 fully saturated rings. The third kappa shape index (κ3) is 6.85. The summed E-state index contributed by atoms with van der Waals surface area (Å²) in [7, 11) is 0. The van der Waals surface area contributed by atoms with Gasteiger partial charge in [0.2, 0.25) is 0 Å². The Hall–Kier alpha value is 0.470.